The first-order valence-corrected chi connectivity index (χ1v) is 10.8. The number of nitrogens with zero attached hydrogens (tertiary/aromatic N) is 1. The molecule has 25 heavy (non-hydrogen) atoms. The van der Waals surface area contributed by atoms with Crippen molar-refractivity contribution in [2.45, 2.75) is 64.8 Å². The molecule has 1 aromatic carbocycles. The Bertz CT molecular complexity index is 583. The molecular formula is C20H36N2O2S. The van der Waals surface area contributed by atoms with Crippen LogP contribution in [0.4, 0.5) is 0 Å². The zero-order valence-corrected chi connectivity index (χ0v) is 17.6. The number of sulfonamides is 1. The fraction of sp³-hybridized carbons (Fsp3) is 0.700. The summed E-state index contributed by atoms with van der Waals surface area (Å²) in [7, 11) is -3.50. The minimum atomic E-state index is -3.50. The van der Waals surface area contributed by atoms with Gasteiger partial charge in [-0.3, -0.25) is 0 Å². The molecule has 0 spiro atoms. The molecule has 1 rings (SSSR count). The van der Waals surface area contributed by atoms with Crippen LogP contribution in [0.25, 0.3) is 0 Å². The summed E-state index contributed by atoms with van der Waals surface area (Å²) in [5, 5.41) is 0. The van der Waals surface area contributed by atoms with E-state index in [1.807, 2.05) is 19.9 Å². The summed E-state index contributed by atoms with van der Waals surface area (Å²) in [4.78, 5) is 2.71. The summed E-state index contributed by atoms with van der Waals surface area (Å²) in [5.74, 6) is 1.29. The van der Waals surface area contributed by atoms with Gasteiger partial charge in [0.1, 0.15) is 0 Å². The van der Waals surface area contributed by atoms with Crippen LogP contribution in [0.1, 0.15) is 54.4 Å². The largest absolute Gasteiger partial charge is 0.301 e. The predicted molar refractivity (Wildman–Crippen MR) is 106 cm³/mol. The van der Waals surface area contributed by atoms with Gasteiger partial charge in [-0.15, -0.1) is 0 Å². The molecule has 4 nitrogen and oxygen atoms in total. The van der Waals surface area contributed by atoms with Gasteiger partial charge < -0.3 is 4.90 Å². The first kappa shape index (κ1) is 22.1. The standard InChI is InChI=1S/C20H36N2O2S/c1-17(2)12-14-22(15-13-18(3)4)16-20(5,6)21-25(23,24)19-10-8-7-9-11-19/h7-11,17-18,21H,12-16H2,1-6H3. The summed E-state index contributed by atoms with van der Waals surface area (Å²) < 4.78 is 28.1. The molecule has 0 fully saturated rings. The normalized spacial score (nSPS) is 13.2. The third kappa shape index (κ3) is 8.84. The minimum absolute atomic E-state index is 0.319. The summed E-state index contributed by atoms with van der Waals surface area (Å²) in [5.41, 5.74) is -0.525. The molecule has 0 unspecified atom stereocenters. The van der Waals surface area contributed by atoms with E-state index >= 15 is 0 Å². The lowest BCUT2D eigenvalue weighted by Gasteiger charge is -2.34. The van der Waals surface area contributed by atoms with Crippen molar-refractivity contribution in [2.75, 3.05) is 19.6 Å². The fourth-order valence-corrected chi connectivity index (χ4v) is 4.19. The topological polar surface area (TPSA) is 49.4 Å². The molecule has 0 aliphatic rings. The molecule has 1 aromatic rings. The summed E-state index contributed by atoms with van der Waals surface area (Å²) in [6.07, 6.45) is 2.25. The van der Waals surface area contributed by atoms with E-state index in [0.29, 0.717) is 23.3 Å². The van der Waals surface area contributed by atoms with Gasteiger partial charge in [0.25, 0.3) is 0 Å². The van der Waals surface area contributed by atoms with E-state index < -0.39 is 15.6 Å². The molecule has 0 atom stereocenters. The highest BCUT2D eigenvalue weighted by molar-refractivity contribution is 7.89. The Morgan fingerprint density at radius 1 is 0.960 bits per heavy atom. The Balaban J connectivity index is 2.78. The molecule has 0 saturated carbocycles. The highest BCUT2D eigenvalue weighted by atomic mass is 32.2. The van der Waals surface area contributed by atoms with Gasteiger partial charge in [-0.05, 0) is 63.7 Å². The minimum Gasteiger partial charge on any atom is -0.301 e. The number of nitrogens with one attached hydrogen (secondary N) is 1. The van der Waals surface area contributed by atoms with Crippen LogP contribution < -0.4 is 4.72 Å². The lowest BCUT2D eigenvalue weighted by molar-refractivity contribution is 0.196. The van der Waals surface area contributed by atoms with Crippen LogP contribution >= 0.6 is 0 Å². The molecule has 0 aromatic heterocycles. The lowest BCUT2D eigenvalue weighted by Crippen LogP contribution is -2.51. The van der Waals surface area contributed by atoms with Crippen molar-refractivity contribution in [3.8, 4) is 0 Å². The van der Waals surface area contributed by atoms with Crippen LogP contribution in [0.5, 0.6) is 0 Å². The molecule has 0 aliphatic heterocycles. The van der Waals surface area contributed by atoms with Gasteiger partial charge in [0, 0.05) is 12.1 Å². The van der Waals surface area contributed by atoms with Crippen LogP contribution in [-0.4, -0.2) is 38.5 Å². The van der Waals surface area contributed by atoms with Gasteiger partial charge in [-0.2, -0.15) is 0 Å². The molecule has 1 N–H and O–H groups in total. The summed E-state index contributed by atoms with van der Waals surface area (Å²) in [6, 6.07) is 8.59. The third-order valence-corrected chi connectivity index (χ3v) is 5.84. The molecule has 0 amide bonds. The third-order valence-electron chi connectivity index (χ3n) is 4.13. The summed E-state index contributed by atoms with van der Waals surface area (Å²) >= 11 is 0. The lowest BCUT2D eigenvalue weighted by atomic mass is 10.0. The van der Waals surface area contributed by atoms with Crippen LogP contribution in [0.15, 0.2) is 35.2 Å². The number of benzene rings is 1. The van der Waals surface area contributed by atoms with E-state index in [1.54, 1.807) is 24.3 Å². The smallest absolute Gasteiger partial charge is 0.241 e. The van der Waals surface area contributed by atoms with Crippen LogP contribution in [-0.2, 0) is 10.0 Å². The molecule has 0 saturated heterocycles. The second kappa shape index (κ2) is 9.70. The zero-order valence-electron chi connectivity index (χ0n) is 16.7. The highest BCUT2D eigenvalue weighted by Crippen LogP contribution is 2.16. The average molecular weight is 369 g/mol. The average Bonchev–Trinajstić information content (AvgIpc) is 2.49. The highest BCUT2D eigenvalue weighted by Gasteiger charge is 2.28. The molecular weight excluding hydrogens is 332 g/mol. The Hall–Kier alpha value is -0.910. The number of hydrogen-bond acceptors (Lipinski definition) is 3. The van der Waals surface area contributed by atoms with Crippen LogP contribution in [0.3, 0.4) is 0 Å². The Morgan fingerprint density at radius 3 is 1.88 bits per heavy atom. The molecule has 0 radical (unpaired) electrons. The van der Waals surface area contributed by atoms with E-state index in [0.717, 1.165) is 25.9 Å². The van der Waals surface area contributed by atoms with Crippen molar-refractivity contribution in [1.82, 2.24) is 9.62 Å². The second-order valence-corrected chi connectivity index (χ2v) is 10.1. The van der Waals surface area contributed by atoms with Crippen LogP contribution in [0.2, 0.25) is 0 Å². The second-order valence-electron chi connectivity index (χ2n) is 8.44. The van der Waals surface area contributed by atoms with Gasteiger partial charge >= 0.3 is 0 Å². The first-order valence-electron chi connectivity index (χ1n) is 9.33. The SMILES string of the molecule is CC(C)CCN(CCC(C)C)CC(C)(C)NS(=O)(=O)c1ccccc1. The van der Waals surface area contributed by atoms with Gasteiger partial charge in [0.15, 0.2) is 0 Å². The van der Waals surface area contributed by atoms with E-state index in [9.17, 15) is 8.42 Å². The molecule has 0 heterocycles. The van der Waals surface area contributed by atoms with E-state index in [-0.39, 0.29) is 0 Å². The molecule has 0 aliphatic carbocycles. The Kier molecular flexibility index (Phi) is 8.58. The maximum absolute atomic E-state index is 12.6. The molecule has 0 bridgehead atoms. The maximum atomic E-state index is 12.6. The maximum Gasteiger partial charge on any atom is 0.241 e. The zero-order chi connectivity index (χ0) is 19.1. The van der Waals surface area contributed by atoms with Crippen molar-refractivity contribution >= 4 is 10.0 Å². The molecule has 144 valence electrons. The van der Waals surface area contributed by atoms with E-state index in [4.69, 9.17) is 0 Å². The predicted octanol–water partition coefficient (Wildman–Crippen LogP) is 4.14. The quantitative estimate of drug-likeness (QED) is 0.639. The van der Waals surface area contributed by atoms with Crippen molar-refractivity contribution in [3.63, 3.8) is 0 Å². The van der Waals surface area contributed by atoms with Crippen molar-refractivity contribution in [3.05, 3.63) is 30.3 Å². The first-order chi connectivity index (χ1) is 11.5. The van der Waals surface area contributed by atoms with Gasteiger partial charge in [-0.1, -0.05) is 45.9 Å². The Labute approximate surface area is 155 Å². The van der Waals surface area contributed by atoms with Crippen LogP contribution in [0, 0.1) is 11.8 Å². The van der Waals surface area contributed by atoms with Crippen molar-refractivity contribution < 1.29 is 8.42 Å². The monoisotopic (exact) mass is 368 g/mol. The van der Waals surface area contributed by atoms with Crippen molar-refractivity contribution in [1.29, 1.82) is 0 Å². The summed E-state index contributed by atoms with van der Waals surface area (Å²) in [6.45, 7) is 15.5. The van der Waals surface area contributed by atoms with Gasteiger partial charge in [-0.25, -0.2) is 13.1 Å². The van der Waals surface area contributed by atoms with E-state index in [1.165, 1.54) is 0 Å². The van der Waals surface area contributed by atoms with Crippen molar-refractivity contribution in [2.24, 2.45) is 11.8 Å². The number of rotatable bonds is 11. The van der Waals surface area contributed by atoms with Gasteiger partial charge in [0.2, 0.25) is 10.0 Å². The fourth-order valence-electron chi connectivity index (χ4n) is 2.77. The van der Waals surface area contributed by atoms with Gasteiger partial charge in [0.05, 0.1) is 4.90 Å². The molecule has 5 heteroatoms. The Morgan fingerprint density at radius 2 is 1.44 bits per heavy atom. The van der Waals surface area contributed by atoms with E-state index in [2.05, 4.69) is 37.3 Å². The number of hydrogen-bond donors (Lipinski definition) is 1.